The van der Waals surface area contributed by atoms with E-state index in [4.69, 9.17) is 0 Å². The molecule has 0 aromatic heterocycles. The number of unbranched alkanes of at least 4 members (excludes halogenated alkanes) is 6. The molecule has 0 spiro atoms. The van der Waals surface area contributed by atoms with E-state index in [2.05, 4.69) is 20.8 Å². The minimum atomic E-state index is 0.395. The fourth-order valence-corrected chi connectivity index (χ4v) is 3.30. The zero-order valence-corrected chi connectivity index (χ0v) is 13.4. The Morgan fingerprint density at radius 3 is 2.16 bits per heavy atom. The molecule has 0 saturated heterocycles. The highest BCUT2D eigenvalue weighted by atomic mass is 16.1. The van der Waals surface area contributed by atoms with Crippen molar-refractivity contribution in [3.8, 4) is 0 Å². The van der Waals surface area contributed by atoms with Crippen LogP contribution in [-0.2, 0) is 4.79 Å². The summed E-state index contributed by atoms with van der Waals surface area (Å²) >= 11 is 0. The van der Waals surface area contributed by atoms with E-state index in [-0.39, 0.29) is 0 Å². The topological polar surface area (TPSA) is 17.1 Å². The first-order chi connectivity index (χ1) is 9.15. The molecule has 112 valence electrons. The molecule has 3 unspecified atom stereocenters. The summed E-state index contributed by atoms with van der Waals surface area (Å²) in [4.78, 5) is 12.2. The molecule has 1 nitrogen and oxygen atoms in total. The molecule has 0 amide bonds. The largest absolute Gasteiger partial charge is 0.299 e. The second-order valence-corrected chi connectivity index (χ2v) is 6.80. The van der Waals surface area contributed by atoms with Crippen LogP contribution >= 0.6 is 0 Å². The molecule has 1 rings (SSSR count). The van der Waals surface area contributed by atoms with Crippen LogP contribution in [-0.4, -0.2) is 5.78 Å². The minimum Gasteiger partial charge on any atom is -0.299 e. The van der Waals surface area contributed by atoms with Crippen molar-refractivity contribution in [3.63, 3.8) is 0 Å². The Balaban J connectivity index is 2.04. The molecule has 0 radical (unpaired) electrons. The van der Waals surface area contributed by atoms with E-state index in [1.165, 1.54) is 44.9 Å². The number of carbonyl (C=O) groups excluding carboxylic acids is 1. The van der Waals surface area contributed by atoms with E-state index in [9.17, 15) is 4.79 Å². The summed E-state index contributed by atoms with van der Waals surface area (Å²) in [6.45, 7) is 6.91. The molecular formula is C18H34O. The first-order valence-electron chi connectivity index (χ1n) is 8.67. The summed E-state index contributed by atoms with van der Waals surface area (Å²) in [5.74, 6) is 2.53. The second-order valence-electron chi connectivity index (χ2n) is 6.80. The average molecular weight is 266 g/mol. The molecule has 1 fully saturated rings. The first-order valence-corrected chi connectivity index (χ1v) is 8.67. The summed E-state index contributed by atoms with van der Waals surface area (Å²) < 4.78 is 0. The third kappa shape index (κ3) is 6.58. The molecular weight excluding hydrogens is 232 g/mol. The van der Waals surface area contributed by atoms with E-state index in [1.807, 2.05) is 0 Å². The van der Waals surface area contributed by atoms with Crippen molar-refractivity contribution in [2.75, 3.05) is 0 Å². The monoisotopic (exact) mass is 266 g/mol. The van der Waals surface area contributed by atoms with Crippen LogP contribution in [0.4, 0.5) is 0 Å². The lowest BCUT2D eigenvalue weighted by Crippen LogP contribution is -2.26. The van der Waals surface area contributed by atoms with Gasteiger partial charge in [0.15, 0.2) is 0 Å². The summed E-state index contributed by atoms with van der Waals surface area (Å²) in [5, 5.41) is 0. The molecule has 1 aliphatic carbocycles. The van der Waals surface area contributed by atoms with E-state index in [0.29, 0.717) is 11.7 Å². The van der Waals surface area contributed by atoms with Gasteiger partial charge >= 0.3 is 0 Å². The Morgan fingerprint density at radius 2 is 1.53 bits per heavy atom. The number of ketones is 1. The summed E-state index contributed by atoms with van der Waals surface area (Å²) in [6.07, 6.45) is 13.5. The predicted octanol–water partition coefficient (Wildman–Crippen LogP) is 5.77. The third-order valence-corrected chi connectivity index (χ3v) is 5.08. The normalized spacial score (nSPS) is 27.4. The van der Waals surface area contributed by atoms with Crippen LogP contribution in [0, 0.1) is 17.8 Å². The van der Waals surface area contributed by atoms with E-state index in [1.54, 1.807) is 0 Å². The maximum atomic E-state index is 12.2. The molecule has 0 aromatic carbocycles. The molecule has 19 heavy (non-hydrogen) atoms. The van der Waals surface area contributed by atoms with Gasteiger partial charge < -0.3 is 0 Å². The summed E-state index contributed by atoms with van der Waals surface area (Å²) in [5.41, 5.74) is 0. The van der Waals surface area contributed by atoms with E-state index >= 15 is 0 Å². The summed E-state index contributed by atoms with van der Waals surface area (Å²) in [7, 11) is 0. The van der Waals surface area contributed by atoms with Crippen molar-refractivity contribution in [1.82, 2.24) is 0 Å². The van der Waals surface area contributed by atoms with Crippen molar-refractivity contribution in [3.05, 3.63) is 0 Å². The van der Waals surface area contributed by atoms with Gasteiger partial charge in [-0.25, -0.2) is 0 Å². The van der Waals surface area contributed by atoms with Crippen LogP contribution in [0.2, 0.25) is 0 Å². The lowest BCUT2D eigenvalue weighted by atomic mass is 9.74. The molecule has 1 aliphatic rings. The molecule has 1 saturated carbocycles. The highest BCUT2D eigenvalue weighted by Gasteiger charge is 2.28. The van der Waals surface area contributed by atoms with Crippen LogP contribution in [0.3, 0.4) is 0 Å². The van der Waals surface area contributed by atoms with Crippen molar-refractivity contribution in [2.24, 2.45) is 17.8 Å². The Kier molecular flexibility index (Phi) is 8.41. The zero-order chi connectivity index (χ0) is 14.1. The molecule has 1 heteroatoms. The number of hydrogen-bond acceptors (Lipinski definition) is 1. The molecule has 0 bridgehead atoms. The van der Waals surface area contributed by atoms with Crippen LogP contribution in [0.25, 0.3) is 0 Å². The first kappa shape index (κ1) is 16.7. The van der Waals surface area contributed by atoms with Gasteiger partial charge in [0, 0.05) is 12.3 Å². The Hall–Kier alpha value is -0.330. The zero-order valence-electron chi connectivity index (χ0n) is 13.4. The quantitative estimate of drug-likeness (QED) is 0.484. The number of carbonyl (C=O) groups is 1. The van der Waals surface area contributed by atoms with Gasteiger partial charge in [-0.3, -0.25) is 4.79 Å². The highest BCUT2D eigenvalue weighted by Crippen LogP contribution is 2.34. The van der Waals surface area contributed by atoms with Crippen molar-refractivity contribution < 1.29 is 4.79 Å². The van der Waals surface area contributed by atoms with Crippen LogP contribution < -0.4 is 0 Å². The standard InChI is InChI=1S/C18H34O/c1-4-5-6-7-8-9-10-11-18(19)17-13-12-15(2)16(3)14-17/h15-17H,4-14H2,1-3H3. The summed E-state index contributed by atoms with van der Waals surface area (Å²) in [6, 6.07) is 0. The van der Waals surface area contributed by atoms with Crippen molar-refractivity contribution in [1.29, 1.82) is 0 Å². The minimum absolute atomic E-state index is 0.395. The number of rotatable bonds is 9. The van der Waals surface area contributed by atoms with Gasteiger partial charge in [-0.2, -0.15) is 0 Å². The van der Waals surface area contributed by atoms with Crippen LogP contribution in [0.1, 0.15) is 91.4 Å². The molecule has 0 aliphatic heterocycles. The van der Waals surface area contributed by atoms with E-state index < -0.39 is 0 Å². The second kappa shape index (κ2) is 9.55. The Morgan fingerprint density at radius 1 is 0.895 bits per heavy atom. The maximum Gasteiger partial charge on any atom is 0.135 e. The molecule has 3 atom stereocenters. The fourth-order valence-electron chi connectivity index (χ4n) is 3.30. The molecule has 0 N–H and O–H groups in total. The lowest BCUT2D eigenvalue weighted by Gasteiger charge is -2.31. The fraction of sp³-hybridized carbons (Fsp3) is 0.944. The van der Waals surface area contributed by atoms with Gasteiger partial charge in [0.05, 0.1) is 0 Å². The smallest absolute Gasteiger partial charge is 0.135 e. The van der Waals surface area contributed by atoms with Gasteiger partial charge in [0.25, 0.3) is 0 Å². The predicted molar refractivity (Wildman–Crippen MR) is 83.3 cm³/mol. The van der Waals surface area contributed by atoms with Gasteiger partial charge in [0.2, 0.25) is 0 Å². The van der Waals surface area contributed by atoms with Crippen molar-refractivity contribution in [2.45, 2.75) is 91.4 Å². The number of hydrogen-bond donors (Lipinski definition) is 0. The Labute approximate surface area is 120 Å². The average Bonchev–Trinajstić information content (AvgIpc) is 2.40. The highest BCUT2D eigenvalue weighted by molar-refractivity contribution is 5.81. The SMILES string of the molecule is CCCCCCCCCC(=O)C1CCC(C)C(C)C1. The lowest BCUT2D eigenvalue weighted by molar-refractivity contribution is -0.124. The molecule has 0 aromatic rings. The Bertz CT molecular complexity index is 246. The third-order valence-electron chi connectivity index (χ3n) is 5.08. The molecule has 0 heterocycles. The van der Waals surface area contributed by atoms with Crippen LogP contribution in [0.5, 0.6) is 0 Å². The van der Waals surface area contributed by atoms with Gasteiger partial charge in [-0.1, -0.05) is 59.3 Å². The van der Waals surface area contributed by atoms with Gasteiger partial charge in [-0.05, 0) is 37.5 Å². The number of Topliss-reactive ketones (excluding diaryl/α,β-unsaturated/α-hetero) is 1. The van der Waals surface area contributed by atoms with Crippen molar-refractivity contribution >= 4 is 5.78 Å². The van der Waals surface area contributed by atoms with Gasteiger partial charge in [0.1, 0.15) is 5.78 Å². The van der Waals surface area contributed by atoms with Gasteiger partial charge in [-0.15, -0.1) is 0 Å². The maximum absolute atomic E-state index is 12.2. The van der Waals surface area contributed by atoms with E-state index in [0.717, 1.165) is 37.5 Å². The van der Waals surface area contributed by atoms with Crippen LogP contribution in [0.15, 0.2) is 0 Å².